The van der Waals surface area contributed by atoms with Crippen LogP contribution in [0.4, 0.5) is 5.82 Å². The molecule has 2 rings (SSSR count). The molecule has 94 valence electrons. The number of anilines is 1. The molecule has 0 spiro atoms. The second kappa shape index (κ2) is 4.05. The van der Waals surface area contributed by atoms with Crippen molar-refractivity contribution in [2.24, 2.45) is 5.41 Å². The van der Waals surface area contributed by atoms with Crippen LogP contribution in [0.15, 0.2) is 6.33 Å². The Bertz CT molecular complexity index is 437. The largest absolute Gasteiger partial charge is 0.464 e. The van der Waals surface area contributed by atoms with Gasteiger partial charge in [-0.2, -0.15) is 0 Å². The van der Waals surface area contributed by atoms with Crippen LogP contribution >= 0.6 is 0 Å². The van der Waals surface area contributed by atoms with Gasteiger partial charge >= 0.3 is 5.97 Å². The Labute approximate surface area is 101 Å². The minimum atomic E-state index is -0.474. The Kier molecular flexibility index (Phi) is 2.85. The number of nitrogen functional groups attached to an aromatic ring is 1. The van der Waals surface area contributed by atoms with Crippen molar-refractivity contribution in [1.82, 2.24) is 9.55 Å². The molecule has 1 atom stereocenters. The van der Waals surface area contributed by atoms with Gasteiger partial charge in [0, 0.05) is 6.04 Å². The average Bonchev–Trinajstić information content (AvgIpc) is 2.80. The molecule has 5 nitrogen and oxygen atoms in total. The molecule has 1 unspecified atom stereocenters. The van der Waals surface area contributed by atoms with E-state index < -0.39 is 5.97 Å². The maximum absolute atomic E-state index is 11.4. The molecule has 1 fully saturated rings. The van der Waals surface area contributed by atoms with Crippen LogP contribution in [0.3, 0.4) is 0 Å². The van der Waals surface area contributed by atoms with E-state index in [0.717, 1.165) is 12.8 Å². The van der Waals surface area contributed by atoms with Crippen LogP contribution in [0.25, 0.3) is 0 Å². The molecule has 1 saturated carbocycles. The predicted octanol–water partition coefficient (Wildman–Crippen LogP) is 2.00. The van der Waals surface area contributed by atoms with Crippen LogP contribution in [0.2, 0.25) is 0 Å². The lowest BCUT2D eigenvalue weighted by Gasteiger charge is -2.18. The topological polar surface area (TPSA) is 70.1 Å². The van der Waals surface area contributed by atoms with Crippen molar-refractivity contribution < 1.29 is 9.53 Å². The highest BCUT2D eigenvalue weighted by atomic mass is 16.5. The van der Waals surface area contributed by atoms with Crippen molar-refractivity contribution in [2.45, 2.75) is 39.2 Å². The summed E-state index contributed by atoms with van der Waals surface area (Å²) in [6, 6.07) is 0.343. The first-order valence-corrected chi connectivity index (χ1v) is 5.85. The van der Waals surface area contributed by atoms with E-state index in [4.69, 9.17) is 5.73 Å². The van der Waals surface area contributed by atoms with Gasteiger partial charge in [-0.1, -0.05) is 13.8 Å². The Morgan fingerprint density at radius 3 is 2.88 bits per heavy atom. The summed E-state index contributed by atoms with van der Waals surface area (Å²) in [4.78, 5) is 15.5. The molecule has 1 aromatic heterocycles. The Morgan fingerprint density at radius 1 is 1.65 bits per heavy atom. The second-order valence-corrected chi connectivity index (χ2v) is 5.44. The van der Waals surface area contributed by atoms with Crippen molar-refractivity contribution in [2.75, 3.05) is 12.8 Å². The summed E-state index contributed by atoms with van der Waals surface area (Å²) >= 11 is 0. The molecule has 1 heterocycles. The van der Waals surface area contributed by atoms with Gasteiger partial charge in [-0.15, -0.1) is 0 Å². The first-order chi connectivity index (χ1) is 7.94. The fourth-order valence-electron chi connectivity index (χ4n) is 2.55. The summed E-state index contributed by atoms with van der Waals surface area (Å²) in [7, 11) is 1.33. The van der Waals surface area contributed by atoms with E-state index in [1.165, 1.54) is 13.5 Å². The van der Waals surface area contributed by atoms with Crippen LogP contribution in [0.5, 0.6) is 0 Å². The van der Waals surface area contributed by atoms with Gasteiger partial charge in [0.1, 0.15) is 5.82 Å². The lowest BCUT2D eigenvalue weighted by Crippen LogP contribution is -2.12. The first-order valence-electron chi connectivity index (χ1n) is 5.85. The molecule has 1 aliphatic carbocycles. The third-order valence-corrected chi connectivity index (χ3v) is 3.55. The molecule has 2 N–H and O–H groups in total. The Morgan fingerprint density at radius 2 is 2.35 bits per heavy atom. The van der Waals surface area contributed by atoms with E-state index in [1.54, 1.807) is 6.33 Å². The number of imidazole rings is 1. The van der Waals surface area contributed by atoms with Crippen LogP contribution in [0.1, 0.15) is 49.6 Å². The van der Waals surface area contributed by atoms with Crippen molar-refractivity contribution in [3.63, 3.8) is 0 Å². The monoisotopic (exact) mass is 237 g/mol. The zero-order chi connectivity index (χ0) is 12.6. The third-order valence-electron chi connectivity index (χ3n) is 3.55. The number of nitrogens with zero attached hydrogens (tertiary/aromatic N) is 2. The zero-order valence-electron chi connectivity index (χ0n) is 10.6. The number of carbonyl (C=O) groups excluding carboxylic acids is 1. The highest BCUT2D eigenvalue weighted by molar-refractivity contribution is 5.92. The van der Waals surface area contributed by atoms with Crippen molar-refractivity contribution >= 4 is 11.8 Å². The van der Waals surface area contributed by atoms with E-state index in [-0.39, 0.29) is 5.69 Å². The fraction of sp³-hybridized carbons (Fsp3) is 0.667. The number of ether oxygens (including phenoxy) is 1. The van der Waals surface area contributed by atoms with Gasteiger partial charge in [-0.3, -0.25) is 0 Å². The lowest BCUT2D eigenvalue weighted by atomic mass is 9.92. The SMILES string of the molecule is COC(=O)c1ncn(C2CCC(C)(C)C2)c1N. The molecule has 0 aliphatic heterocycles. The first kappa shape index (κ1) is 12.0. The number of aromatic nitrogens is 2. The van der Waals surface area contributed by atoms with Gasteiger partial charge in [-0.25, -0.2) is 9.78 Å². The number of methoxy groups -OCH3 is 1. The quantitative estimate of drug-likeness (QED) is 0.799. The van der Waals surface area contributed by atoms with Gasteiger partial charge < -0.3 is 15.0 Å². The summed E-state index contributed by atoms with van der Waals surface area (Å²) in [5, 5.41) is 0. The summed E-state index contributed by atoms with van der Waals surface area (Å²) in [6.45, 7) is 4.50. The van der Waals surface area contributed by atoms with Crippen molar-refractivity contribution in [3.8, 4) is 0 Å². The number of hydrogen-bond donors (Lipinski definition) is 1. The minimum absolute atomic E-state index is 0.220. The second-order valence-electron chi connectivity index (χ2n) is 5.44. The Hall–Kier alpha value is -1.52. The van der Waals surface area contributed by atoms with Gasteiger partial charge in [0.25, 0.3) is 0 Å². The minimum Gasteiger partial charge on any atom is -0.464 e. The maximum atomic E-state index is 11.4. The van der Waals surface area contributed by atoms with E-state index in [2.05, 4.69) is 23.6 Å². The van der Waals surface area contributed by atoms with Crippen LogP contribution in [-0.2, 0) is 4.74 Å². The molecule has 1 aromatic rings. The summed E-state index contributed by atoms with van der Waals surface area (Å²) in [5.41, 5.74) is 6.51. The normalized spacial score (nSPS) is 22.6. The molecular weight excluding hydrogens is 218 g/mol. The molecular formula is C12H19N3O2. The zero-order valence-corrected chi connectivity index (χ0v) is 10.6. The number of carbonyl (C=O) groups is 1. The lowest BCUT2D eigenvalue weighted by molar-refractivity contribution is 0.0596. The van der Waals surface area contributed by atoms with E-state index in [9.17, 15) is 4.79 Å². The number of esters is 1. The van der Waals surface area contributed by atoms with Crippen LogP contribution < -0.4 is 5.73 Å². The van der Waals surface area contributed by atoms with E-state index in [0.29, 0.717) is 17.3 Å². The highest BCUT2D eigenvalue weighted by Gasteiger charge is 2.33. The third kappa shape index (κ3) is 2.14. The Balaban J connectivity index is 2.24. The predicted molar refractivity (Wildman–Crippen MR) is 64.6 cm³/mol. The van der Waals surface area contributed by atoms with Crippen LogP contribution in [-0.4, -0.2) is 22.6 Å². The molecule has 0 aromatic carbocycles. The van der Waals surface area contributed by atoms with E-state index in [1.807, 2.05) is 4.57 Å². The number of hydrogen-bond acceptors (Lipinski definition) is 4. The molecule has 5 heteroatoms. The summed E-state index contributed by atoms with van der Waals surface area (Å²) < 4.78 is 6.54. The molecule has 0 saturated heterocycles. The fourth-order valence-corrected chi connectivity index (χ4v) is 2.55. The summed E-state index contributed by atoms with van der Waals surface area (Å²) in [5.74, 6) is -0.0574. The number of nitrogens with two attached hydrogens (primary N) is 1. The average molecular weight is 237 g/mol. The van der Waals surface area contributed by atoms with E-state index >= 15 is 0 Å². The van der Waals surface area contributed by atoms with Gasteiger partial charge in [-0.05, 0) is 24.7 Å². The molecule has 0 bridgehead atoms. The molecule has 0 radical (unpaired) electrons. The smallest absolute Gasteiger partial charge is 0.360 e. The van der Waals surface area contributed by atoms with Gasteiger partial charge in [0.15, 0.2) is 5.69 Å². The summed E-state index contributed by atoms with van der Waals surface area (Å²) in [6.07, 6.45) is 4.96. The van der Waals surface area contributed by atoms with Gasteiger partial charge in [0.2, 0.25) is 0 Å². The van der Waals surface area contributed by atoms with Crippen LogP contribution in [0, 0.1) is 5.41 Å². The molecule has 1 aliphatic rings. The standard InChI is InChI=1S/C12H19N3O2/c1-12(2)5-4-8(6-12)15-7-14-9(10(15)13)11(16)17-3/h7-8H,4-6,13H2,1-3H3. The number of rotatable bonds is 2. The maximum Gasteiger partial charge on any atom is 0.360 e. The molecule has 17 heavy (non-hydrogen) atoms. The highest BCUT2D eigenvalue weighted by Crippen LogP contribution is 2.44. The molecule has 0 amide bonds. The van der Waals surface area contributed by atoms with Gasteiger partial charge in [0.05, 0.1) is 13.4 Å². The van der Waals surface area contributed by atoms with Crippen molar-refractivity contribution in [3.05, 3.63) is 12.0 Å². The van der Waals surface area contributed by atoms with Crippen molar-refractivity contribution in [1.29, 1.82) is 0 Å².